The fraction of sp³-hybridized carbons (Fsp3) is 0.444. The van der Waals surface area contributed by atoms with E-state index in [0.717, 1.165) is 24.0 Å². The molecule has 0 N–H and O–H groups in total. The summed E-state index contributed by atoms with van der Waals surface area (Å²) in [5.74, 6) is 1.22. The zero-order valence-corrected chi connectivity index (χ0v) is 14.5. The van der Waals surface area contributed by atoms with Gasteiger partial charge in [0.05, 0.1) is 0 Å². The van der Waals surface area contributed by atoms with E-state index >= 15 is 0 Å². The van der Waals surface area contributed by atoms with Crippen molar-refractivity contribution in [2.75, 3.05) is 19.8 Å². The van der Waals surface area contributed by atoms with E-state index in [1.54, 1.807) is 6.07 Å². The van der Waals surface area contributed by atoms with E-state index in [0.29, 0.717) is 55.1 Å². The number of ether oxygens (including phenoxy) is 2. The van der Waals surface area contributed by atoms with Gasteiger partial charge in [-0.15, -0.1) is 11.3 Å². The van der Waals surface area contributed by atoms with Crippen molar-refractivity contribution in [2.45, 2.75) is 31.8 Å². The summed E-state index contributed by atoms with van der Waals surface area (Å²) in [6.07, 6.45) is 4.81. The summed E-state index contributed by atoms with van der Waals surface area (Å²) in [6, 6.07) is 2.10. The Bertz CT molecular complexity index is 912. The van der Waals surface area contributed by atoms with Crippen LogP contribution in [-0.2, 0) is 13.0 Å². The first kappa shape index (κ1) is 15.0. The van der Waals surface area contributed by atoms with E-state index < -0.39 is 0 Å². The molecule has 2 aromatic heterocycles. The summed E-state index contributed by atoms with van der Waals surface area (Å²) in [6.45, 7) is 2.15. The highest BCUT2D eigenvalue weighted by Gasteiger charge is 2.30. The zero-order chi connectivity index (χ0) is 17.0. The summed E-state index contributed by atoms with van der Waals surface area (Å²) in [5, 5.41) is 1.84. The molecule has 6 nitrogen and oxygen atoms in total. The molecule has 0 aromatic carbocycles. The Balaban J connectivity index is 1.43. The Hall–Kier alpha value is -2.28. The number of hydrogen-bond acceptors (Lipinski definition) is 5. The molecule has 0 atom stereocenters. The molecule has 25 heavy (non-hydrogen) atoms. The van der Waals surface area contributed by atoms with Crippen LogP contribution in [0.1, 0.15) is 39.7 Å². The molecule has 5 rings (SSSR count). The highest BCUT2D eigenvalue weighted by molar-refractivity contribution is 7.12. The third-order valence-corrected chi connectivity index (χ3v) is 5.92. The first-order chi connectivity index (χ1) is 12.2. The van der Waals surface area contributed by atoms with Crippen LogP contribution in [0.5, 0.6) is 11.5 Å². The van der Waals surface area contributed by atoms with Crippen molar-refractivity contribution in [3.63, 3.8) is 0 Å². The van der Waals surface area contributed by atoms with Crippen LogP contribution in [-0.4, -0.2) is 35.1 Å². The van der Waals surface area contributed by atoms with Gasteiger partial charge in [-0.05, 0) is 30.4 Å². The molecule has 0 unspecified atom stereocenters. The number of thiophene rings is 1. The fourth-order valence-corrected chi connectivity index (χ4v) is 4.41. The van der Waals surface area contributed by atoms with Gasteiger partial charge in [-0.2, -0.15) is 0 Å². The van der Waals surface area contributed by atoms with Crippen molar-refractivity contribution < 1.29 is 14.3 Å². The number of pyridine rings is 1. The Kier molecular flexibility index (Phi) is 3.38. The number of amides is 1. The van der Waals surface area contributed by atoms with Crippen molar-refractivity contribution in [1.82, 2.24) is 9.47 Å². The van der Waals surface area contributed by atoms with Gasteiger partial charge >= 0.3 is 0 Å². The van der Waals surface area contributed by atoms with Crippen LogP contribution in [0.2, 0.25) is 0 Å². The van der Waals surface area contributed by atoms with Crippen LogP contribution in [0.25, 0.3) is 0 Å². The second-order valence-electron chi connectivity index (χ2n) is 6.73. The molecule has 1 amide bonds. The van der Waals surface area contributed by atoms with E-state index in [2.05, 4.69) is 0 Å². The number of hydrogen-bond donors (Lipinski definition) is 0. The molecular formula is C18H18N2O4S. The number of carbonyl (C=O) groups excluding carboxylic acids is 1. The van der Waals surface area contributed by atoms with Crippen molar-refractivity contribution in [3.05, 3.63) is 44.0 Å². The SMILES string of the molecule is O=C(c1scc2c1OCCO2)N1CCc2cc(=O)n(C3CC3)cc2C1. The largest absolute Gasteiger partial charge is 0.485 e. The minimum Gasteiger partial charge on any atom is -0.485 e. The van der Waals surface area contributed by atoms with Gasteiger partial charge in [0.1, 0.15) is 18.1 Å². The number of fused-ring (bicyclic) bond motifs is 2. The summed E-state index contributed by atoms with van der Waals surface area (Å²) in [4.78, 5) is 27.6. The first-order valence-corrected chi connectivity index (χ1v) is 9.49. The smallest absolute Gasteiger partial charge is 0.268 e. The normalized spacial score (nSPS) is 18.8. The average molecular weight is 358 g/mol. The van der Waals surface area contributed by atoms with Crippen molar-refractivity contribution in [2.24, 2.45) is 0 Å². The van der Waals surface area contributed by atoms with E-state index in [1.165, 1.54) is 11.3 Å². The Morgan fingerprint density at radius 3 is 2.88 bits per heavy atom. The molecule has 1 fully saturated rings. The lowest BCUT2D eigenvalue weighted by Crippen LogP contribution is -2.37. The summed E-state index contributed by atoms with van der Waals surface area (Å²) < 4.78 is 13.0. The average Bonchev–Trinajstić information content (AvgIpc) is 3.39. The van der Waals surface area contributed by atoms with Crippen molar-refractivity contribution in [3.8, 4) is 11.5 Å². The monoisotopic (exact) mass is 358 g/mol. The molecule has 130 valence electrons. The molecule has 0 spiro atoms. The lowest BCUT2D eigenvalue weighted by molar-refractivity contribution is 0.0730. The molecular weight excluding hydrogens is 340 g/mol. The zero-order valence-electron chi connectivity index (χ0n) is 13.7. The lowest BCUT2D eigenvalue weighted by atomic mass is 10.0. The first-order valence-electron chi connectivity index (χ1n) is 8.61. The standard InChI is InChI=1S/C18H18N2O4S/c21-15-7-11-3-4-19(8-12(11)9-20(15)13-1-2-13)18(22)17-16-14(10-25-17)23-5-6-24-16/h7,9-10,13H,1-6,8H2. The van der Waals surface area contributed by atoms with Crippen molar-refractivity contribution in [1.29, 1.82) is 0 Å². The number of carbonyl (C=O) groups is 1. The molecule has 0 saturated heterocycles. The highest BCUT2D eigenvalue weighted by Crippen LogP contribution is 2.40. The maximum Gasteiger partial charge on any atom is 0.268 e. The number of rotatable bonds is 2. The maximum atomic E-state index is 13.0. The minimum absolute atomic E-state index is 0.0217. The third kappa shape index (κ3) is 2.54. The summed E-state index contributed by atoms with van der Waals surface area (Å²) in [5.41, 5.74) is 2.23. The van der Waals surface area contributed by atoms with Gasteiger partial charge in [-0.1, -0.05) is 0 Å². The van der Waals surface area contributed by atoms with Crippen LogP contribution in [0.3, 0.4) is 0 Å². The van der Waals surface area contributed by atoms with Crippen LogP contribution in [0.15, 0.2) is 22.4 Å². The third-order valence-electron chi connectivity index (χ3n) is 4.99. The predicted octanol–water partition coefficient (Wildman–Crippen LogP) is 2.21. The van der Waals surface area contributed by atoms with Crippen LogP contribution >= 0.6 is 11.3 Å². The number of nitrogens with zero attached hydrogens (tertiary/aromatic N) is 2. The van der Waals surface area contributed by atoms with Crippen LogP contribution in [0.4, 0.5) is 0 Å². The molecule has 0 bridgehead atoms. The van der Waals surface area contributed by atoms with Crippen LogP contribution in [0, 0.1) is 0 Å². The van der Waals surface area contributed by atoms with Gasteiger partial charge in [-0.25, -0.2) is 0 Å². The Morgan fingerprint density at radius 2 is 2.04 bits per heavy atom. The highest BCUT2D eigenvalue weighted by atomic mass is 32.1. The number of aromatic nitrogens is 1. The predicted molar refractivity (Wildman–Crippen MR) is 92.7 cm³/mol. The lowest BCUT2D eigenvalue weighted by Gasteiger charge is -2.29. The maximum absolute atomic E-state index is 13.0. The topological polar surface area (TPSA) is 60.8 Å². The van der Waals surface area contributed by atoms with E-state index in [9.17, 15) is 9.59 Å². The quantitative estimate of drug-likeness (QED) is 0.826. The molecule has 1 aliphatic carbocycles. The molecule has 4 heterocycles. The van der Waals surface area contributed by atoms with Crippen molar-refractivity contribution >= 4 is 17.2 Å². The van der Waals surface area contributed by atoms with Gasteiger partial charge in [0.15, 0.2) is 11.5 Å². The Labute approximate surface area is 148 Å². The molecule has 0 radical (unpaired) electrons. The second-order valence-corrected chi connectivity index (χ2v) is 7.61. The molecule has 2 aliphatic heterocycles. The molecule has 2 aromatic rings. The fourth-order valence-electron chi connectivity index (χ4n) is 3.51. The van der Waals surface area contributed by atoms with Gasteiger partial charge in [0.25, 0.3) is 11.5 Å². The van der Waals surface area contributed by atoms with Gasteiger partial charge in [-0.3, -0.25) is 9.59 Å². The van der Waals surface area contributed by atoms with Gasteiger partial charge in [0, 0.05) is 36.8 Å². The van der Waals surface area contributed by atoms with E-state index in [4.69, 9.17) is 9.47 Å². The molecule has 7 heteroatoms. The molecule has 1 saturated carbocycles. The summed E-state index contributed by atoms with van der Waals surface area (Å²) in [7, 11) is 0. The summed E-state index contributed by atoms with van der Waals surface area (Å²) >= 11 is 1.37. The van der Waals surface area contributed by atoms with E-state index in [-0.39, 0.29) is 11.5 Å². The van der Waals surface area contributed by atoms with Crippen LogP contribution < -0.4 is 15.0 Å². The van der Waals surface area contributed by atoms with Gasteiger partial charge < -0.3 is 18.9 Å². The Morgan fingerprint density at radius 1 is 1.20 bits per heavy atom. The minimum atomic E-state index is -0.0217. The van der Waals surface area contributed by atoms with E-state index in [1.807, 2.05) is 21.0 Å². The second kappa shape index (κ2) is 5.62. The molecule has 3 aliphatic rings. The van der Waals surface area contributed by atoms with Gasteiger partial charge in [0.2, 0.25) is 0 Å².